The van der Waals surface area contributed by atoms with Crippen LogP contribution in [0, 0.1) is 0 Å². The van der Waals surface area contributed by atoms with E-state index >= 15 is 0 Å². The van der Waals surface area contributed by atoms with E-state index in [2.05, 4.69) is 5.32 Å². The number of oxazole rings is 1. The van der Waals surface area contributed by atoms with Gasteiger partial charge in [-0.1, -0.05) is 18.2 Å². The van der Waals surface area contributed by atoms with Crippen LogP contribution in [-0.2, 0) is 16.9 Å². The molecule has 0 aliphatic rings. The Morgan fingerprint density at radius 3 is 2.81 bits per heavy atom. The molecule has 0 saturated carbocycles. The summed E-state index contributed by atoms with van der Waals surface area (Å²) in [6.07, 6.45) is 2.91. The van der Waals surface area contributed by atoms with Crippen LogP contribution in [0.5, 0.6) is 0 Å². The largest absolute Gasteiger partial charge is 0.472 e. The maximum absolute atomic E-state index is 12.4. The summed E-state index contributed by atoms with van der Waals surface area (Å²) in [5.74, 6) is -1.02. The molecule has 4 aromatic rings. The number of nitrogens with zero attached hydrogens (tertiary/aromatic N) is 1. The minimum absolute atomic E-state index is 0.0591. The summed E-state index contributed by atoms with van der Waals surface area (Å²) in [5, 5.41) is 15.7. The van der Waals surface area contributed by atoms with Gasteiger partial charge >= 0.3 is 5.76 Å². The third kappa shape index (κ3) is 3.20. The lowest BCUT2D eigenvalue weighted by Crippen LogP contribution is -2.42. The van der Waals surface area contributed by atoms with E-state index in [0.29, 0.717) is 21.5 Å². The SMILES string of the molecule is O=C(Cn1c(=O)oc2ccccc21)NCC(O)(c1ccoc1)c1cccs1. The lowest BCUT2D eigenvalue weighted by atomic mass is 9.94. The predicted octanol–water partition coefficient (Wildman–Crippen LogP) is 2.30. The molecule has 138 valence electrons. The number of amides is 1. The Labute approximate surface area is 157 Å². The molecule has 0 radical (unpaired) electrons. The van der Waals surface area contributed by atoms with Crippen molar-refractivity contribution in [2.75, 3.05) is 6.54 Å². The minimum atomic E-state index is -1.42. The zero-order chi connectivity index (χ0) is 18.9. The Morgan fingerprint density at radius 2 is 2.07 bits per heavy atom. The van der Waals surface area contributed by atoms with Gasteiger partial charge in [0.25, 0.3) is 0 Å². The van der Waals surface area contributed by atoms with E-state index in [9.17, 15) is 14.7 Å². The average Bonchev–Trinajstić information content (AvgIpc) is 3.42. The number of hydrogen-bond donors (Lipinski definition) is 2. The van der Waals surface area contributed by atoms with Crippen molar-refractivity contribution < 1.29 is 18.7 Å². The van der Waals surface area contributed by atoms with E-state index in [-0.39, 0.29) is 13.1 Å². The molecule has 0 bridgehead atoms. The first-order chi connectivity index (χ1) is 13.1. The van der Waals surface area contributed by atoms with Crippen LogP contribution in [0.3, 0.4) is 0 Å². The van der Waals surface area contributed by atoms with E-state index in [1.807, 2.05) is 11.4 Å². The molecule has 27 heavy (non-hydrogen) atoms. The van der Waals surface area contributed by atoms with Gasteiger partial charge in [0.2, 0.25) is 5.91 Å². The smallest absolute Gasteiger partial charge is 0.420 e. The van der Waals surface area contributed by atoms with Crippen LogP contribution in [0.4, 0.5) is 0 Å². The summed E-state index contributed by atoms with van der Waals surface area (Å²) in [4.78, 5) is 25.1. The van der Waals surface area contributed by atoms with Gasteiger partial charge in [-0.3, -0.25) is 9.36 Å². The molecule has 8 heteroatoms. The summed E-state index contributed by atoms with van der Waals surface area (Å²) in [5.41, 5.74) is 0.0845. The van der Waals surface area contributed by atoms with Crippen molar-refractivity contribution in [3.63, 3.8) is 0 Å². The quantitative estimate of drug-likeness (QED) is 0.532. The summed E-state index contributed by atoms with van der Waals surface area (Å²) in [6.45, 7) is -0.266. The number of para-hydroxylation sites is 2. The van der Waals surface area contributed by atoms with Gasteiger partial charge in [-0.15, -0.1) is 11.3 Å². The number of carbonyl (C=O) groups excluding carboxylic acids is 1. The molecular weight excluding hydrogens is 368 g/mol. The summed E-state index contributed by atoms with van der Waals surface area (Å²) >= 11 is 1.38. The molecule has 0 aliphatic carbocycles. The van der Waals surface area contributed by atoms with Gasteiger partial charge in [-0.05, 0) is 29.6 Å². The molecule has 0 spiro atoms. The number of aromatic nitrogens is 1. The van der Waals surface area contributed by atoms with Gasteiger partial charge in [0.1, 0.15) is 12.1 Å². The van der Waals surface area contributed by atoms with Gasteiger partial charge in [0, 0.05) is 10.4 Å². The topological polar surface area (TPSA) is 97.6 Å². The number of fused-ring (bicyclic) bond motifs is 1. The van der Waals surface area contributed by atoms with Gasteiger partial charge in [0.15, 0.2) is 5.58 Å². The third-order valence-corrected chi connectivity index (χ3v) is 5.37. The Morgan fingerprint density at radius 1 is 1.22 bits per heavy atom. The second kappa shape index (κ2) is 6.90. The van der Waals surface area contributed by atoms with E-state index in [1.54, 1.807) is 36.4 Å². The highest BCUT2D eigenvalue weighted by atomic mass is 32.1. The monoisotopic (exact) mass is 384 g/mol. The van der Waals surface area contributed by atoms with Gasteiger partial charge in [-0.25, -0.2) is 4.79 Å². The molecule has 3 heterocycles. The minimum Gasteiger partial charge on any atom is -0.472 e. The molecule has 1 amide bonds. The first-order valence-corrected chi connectivity index (χ1v) is 9.10. The second-order valence-corrected chi connectivity index (χ2v) is 7.00. The molecule has 1 unspecified atom stereocenters. The highest BCUT2D eigenvalue weighted by molar-refractivity contribution is 7.10. The van der Waals surface area contributed by atoms with Crippen molar-refractivity contribution in [3.05, 3.63) is 81.4 Å². The van der Waals surface area contributed by atoms with E-state index in [1.165, 1.54) is 28.4 Å². The Kier molecular flexibility index (Phi) is 4.43. The van der Waals surface area contributed by atoms with E-state index in [4.69, 9.17) is 8.83 Å². The Bertz CT molecular complexity index is 1070. The fourth-order valence-electron chi connectivity index (χ4n) is 2.93. The van der Waals surface area contributed by atoms with Gasteiger partial charge in [-0.2, -0.15) is 0 Å². The molecule has 1 aromatic carbocycles. The van der Waals surface area contributed by atoms with Crippen LogP contribution in [-0.4, -0.2) is 22.1 Å². The Balaban J connectivity index is 1.54. The van der Waals surface area contributed by atoms with Crippen molar-refractivity contribution in [2.24, 2.45) is 0 Å². The van der Waals surface area contributed by atoms with Crippen molar-refractivity contribution in [1.29, 1.82) is 0 Å². The fourth-order valence-corrected chi connectivity index (χ4v) is 3.78. The first-order valence-electron chi connectivity index (χ1n) is 8.22. The normalized spacial score (nSPS) is 13.5. The number of benzene rings is 1. The number of thiophene rings is 1. The van der Waals surface area contributed by atoms with Crippen molar-refractivity contribution in [1.82, 2.24) is 9.88 Å². The van der Waals surface area contributed by atoms with E-state index in [0.717, 1.165) is 0 Å². The lowest BCUT2D eigenvalue weighted by molar-refractivity contribution is -0.122. The molecule has 2 N–H and O–H groups in total. The molecule has 7 nitrogen and oxygen atoms in total. The van der Waals surface area contributed by atoms with Gasteiger partial charge in [0.05, 0.1) is 24.6 Å². The first kappa shape index (κ1) is 17.3. The zero-order valence-corrected chi connectivity index (χ0v) is 14.9. The fraction of sp³-hybridized carbons (Fsp3) is 0.158. The molecule has 0 fully saturated rings. The predicted molar refractivity (Wildman–Crippen MR) is 99.5 cm³/mol. The third-order valence-electron chi connectivity index (χ3n) is 4.34. The maximum Gasteiger partial charge on any atom is 0.420 e. The number of rotatable bonds is 6. The summed E-state index contributed by atoms with van der Waals surface area (Å²) in [7, 11) is 0. The second-order valence-electron chi connectivity index (χ2n) is 6.05. The number of hydrogen-bond acceptors (Lipinski definition) is 6. The molecule has 4 rings (SSSR count). The maximum atomic E-state index is 12.4. The van der Waals surface area contributed by atoms with E-state index < -0.39 is 17.3 Å². The van der Waals surface area contributed by atoms with Crippen molar-refractivity contribution >= 4 is 28.3 Å². The van der Waals surface area contributed by atoms with Crippen LogP contribution in [0.1, 0.15) is 10.4 Å². The van der Waals surface area contributed by atoms with Gasteiger partial charge < -0.3 is 19.3 Å². The van der Waals surface area contributed by atoms with Crippen LogP contribution in [0.2, 0.25) is 0 Å². The van der Waals surface area contributed by atoms with Crippen molar-refractivity contribution in [2.45, 2.75) is 12.1 Å². The molecule has 3 aromatic heterocycles. The standard InChI is InChI=1S/C19H16N2O5S/c22-17(10-21-14-4-1-2-5-15(14)26-18(21)23)20-12-19(24,13-7-8-25-11-13)16-6-3-9-27-16/h1-9,11,24H,10,12H2,(H,20,22). The lowest BCUT2D eigenvalue weighted by Gasteiger charge is -2.26. The highest BCUT2D eigenvalue weighted by Crippen LogP contribution is 2.32. The average molecular weight is 384 g/mol. The summed E-state index contributed by atoms with van der Waals surface area (Å²) < 4.78 is 11.5. The number of carbonyl (C=O) groups is 1. The van der Waals surface area contributed by atoms with Crippen molar-refractivity contribution in [3.8, 4) is 0 Å². The molecule has 1 atom stereocenters. The molecular formula is C19H16N2O5S. The van der Waals surface area contributed by atoms with Crippen LogP contribution in [0.15, 0.2) is 74.0 Å². The number of aliphatic hydroxyl groups is 1. The molecule has 0 aliphatic heterocycles. The van der Waals surface area contributed by atoms with Crippen LogP contribution >= 0.6 is 11.3 Å². The summed E-state index contributed by atoms with van der Waals surface area (Å²) in [6, 6.07) is 12.2. The number of nitrogens with one attached hydrogen (secondary N) is 1. The Hall–Kier alpha value is -3.10. The van der Waals surface area contributed by atoms with Crippen LogP contribution in [0.25, 0.3) is 11.1 Å². The number of furan rings is 1. The van der Waals surface area contributed by atoms with Crippen LogP contribution < -0.4 is 11.1 Å². The molecule has 0 saturated heterocycles. The zero-order valence-electron chi connectivity index (χ0n) is 14.1. The highest BCUT2D eigenvalue weighted by Gasteiger charge is 2.34.